The van der Waals surface area contributed by atoms with Gasteiger partial charge in [-0.1, -0.05) is 0 Å². The van der Waals surface area contributed by atoms with E-state index in [9.17, 15) is 0 Å². The third-order valence-corrected chi connectivity index (χ3v) is 1.90. The third-order valence-electron chi connectivity index (χ3n) is 1.90. The van der Waals surface area contributed by atoms with E-state index in [0.29, 0.717) is 13.0 Å². The Balaban J connectivity index is 2.46. The molecule has 0 aliphatic carbocycles. The SMILES string of the molecule is COCC(CCO)Nc1ccncc1. The quantitative estimate of drug-likeness (QED) is 0.709. The van der Waals surface area contributed by atoms with E-state index in [0.717, 1.165) is 5.69 Å². The highest BCUT2D eigenvalue weighted by atomic mass is 16.5. The first-order valence-corrected chi connectivity index (χ1v) is 4.63. The Bertz CT molecular complexity index is 235. The summed E-state index contributed by atoms with van der Waals surface area (Å²) >= 11 is 0. The second kappa shape index (κ2) is 6.34. The molecule has 0 aliphatic heterocycles. The van der Waals surface area contributed by atoms with Gasteiger partial charge in [0.1, 0.15) is 0 Å². The van der Waals surface area contributed by atoms with Crippen LogP contribution in [0.3, 0.4) is 0 Å². The molecule has 4 heteroatoms. The van der Waals surface area contributed by atoms with E-state index in [2.05, 4.69) is 10.3 Å². The highest BCUT2D eigenvalue weighted by molar-refractivity contribution is 5.41. The van der Waals surface area contributed by atoms with Gasteiger partial charge in [-0.05, 0) is 18.6 Å². The van der Waals surface area contributed by atoms with E-state index >= 15 is 0 Å². The summed E-state index contributed by atoms with van der Waals surface area (Å²) in [5.41, 5.74) is 0.996. The van der Waals surface area contributed by atoms with Crippen molar-refractivity contribution >= 4 is 5.69 Å². The maximum Gasteiger partial charge on any atom is 0.0664 e. The molecule has 0 radical (unpaired) electrons. The highest BCUT2D eigenvalue weighted by Gasteiger charge is 2.06. The van der Waals surface area contributed by atoms with E-state index in [1.807, 2.05) is 12.1 Å². The summed E-state index contributed by atoms with van der Waals surface area (Å²) in [4.78, 5) is 3.92. The molecule has 0 saturated carbocycles. The number of aromatic nitrogens is 1. The van der Waals surface area contributed by atoms with Crippen LogP contribution in [0, 0.1) is 0 Å². The Labute approximate surface area is 83.9 Å². The van der Waals surface area contributed by atoms with Crippen molar-refractivity contribution in [1.82, 2.24) is 4.98 Å². The number of nitrogens with one attached hydrogen (secondary N) is 1. The Morgan fingerprint density at radius 3 is 2.79 bits per heavy atom. The van der Waals surface area contributed by atoms with E-state index in [1.54, 1.807) is 19.5 Å². The molecule has 0 bridgehead atoms. The van der Waals surface area contributed by atoms with E-state index in [4.69, 9.17) is 9.84 Å². The number of anilines is 1. The standard InChI is InChI=1S/C10H16N2O2/c1-14-8-10(4-7-13)12-9-2-5-11-6-3-9/h2-3,5-6,10,13H,4,7-8H2,1H3,(H,11,12). The number of hydrogen-bond acceptors (Lipinski definition) is 4. The Kier molecular flexibility index (Phi) is 4.96. The fraction of sp³-hybridized carbons (Fsp3) is 0.500. The van der Waals surface area contributed by atoms with Crippen LogP contribution < -0.4 is 5.32 Å². The lowest BCUT2D eigenvalue weighted by Gasteiger charge is -2.17. The normalized spacial score (nSPS) is 12.4. The molecule has 1 rings (SSSR count). The first-order chi connectivity index (χ1) is 6.86. The fourth-order valence-electron chi connectivity index (χ4n) is 1.24. The molecule has 1 unspecified atom stereocenters. The number of hydrogen-bond donors (Lipinski definition) is 2. The maximum atomic E-state index is 8.83. The molecule has 1 heterocycles. The minimum atomic E-state index is 0.146. The highest BCUT2D eigenvalue weighted by Crippen LogP contribution is 2.07. The molecule has 0 aromatic carbocycles. The van der Waals surface area contributed by atoms with Crippen molar-refractivity contribution in [3.63, 3.8) is 0 Å². The minimum absolute atomic E-state index is 0.146. The summed E-state index contributed by atoms with van der Waals surface area (Å²) in [5.74, 6) is 0. The van der Waals surface area contributed by atoms with Gasteiger partial charge >= 0.3 is 0 Å². The number of ether oxygens (including phenoxy) is 1. The van der Waals surface area contributed by atoms with Gasteiger partial charge < -0.3 is 15.2 Å². The second-order valence-electron chi connectivity index (χ2n) is 3.04. The largest absolute Gasteiger partial charge is 0.396 e. The smallest absolute Gasteiger partial charge is 0.0664 e. The van der Waals surface area contributed by atoms with Gasteiger partial charge in [0.15, 0.2) is 0 Å². The summed E-state index contributed by atoms with van der Waals surface area (Å²) in [7, 11) is 1.65. The number of aliphatic hydroxyl groups excluding tert-OH is 1. The lowest BCUT2D eigenvalue weighted by molar-refractivity contribution is 0.170. The van der Waals surface area contributed by atoms with Crippen LogP contribution in [0.25, 0.3) is 0 Å². The van der Waals surface area contributed by atoms with Crippen LogP contribution in [-0.4, -0.2) is 36.5 Å². The molecule has 1 aromatic rings. The zero-order chi connectivity index (χ0) is 10.2. The van der Waals surface area contributed by atoms with Gasteiger partial charge in [-0.3, -0.25) is 4.98 Å². The average molecular weight is 196 g/mol. The van der Waals surface area contributed by atoms with Crippen LogP contribution in [0.5, 0.6) is 0 Å². The lowest BCUT2D eigenvalue weighted by atomic mass is 10.2. The number of nitrogens with zero attached hydrogens (tertiary/aromatic N) is 1. The van der Waals surface area contributed by atoms with Crippen LogP contribution in [0.15, 0.2) is 24.5 Å². The predicted molar refractivity (Wildman–Crippen MR) is 55.2 cm³/mol. The van der Waals surface area contributed by atoms with Gasteiger partial charge in [0.25, 0.3) is 0 Å². The lowest BCUT2D eigenvalue weighted by Crippen LogP contribution is -2.26. The molecular formula is C10H16N2O2. The Morgan fingerprint density at radius 2 is 2.21 bits per heavy atom. The van der Waals surface area contributed by atoms with Crippen molar-refractivity contribution in [1.29, 1.82) is 0 Å². The van der Waals surface area contributed by atoms with Gasteiger partial charge in [-0.25, -0.2) is 0 Å². The maximum absolute atomic E-state index is 8.83. The van der Waals surface area contributed by atoms with Gasteiger partial charge in [0.05, 0.1) is 12.6 Å². The molecule has 78 valence electrons. The average Bonchev–Trinajstić information content (AvgIpc) is 2.20. The molecule has 0 spiro atoms. The van der Waals surface area contributed by atoms with E-state index in [-0.39, 0.29) is 12.6 Å². The summed E-state index contributed by atoms with van der Waals surface area (Å²) in [5, 5.41) is 12.1. The van der Waals surface area contributed by atoms with Crippen molar-refractivity contribution in [2.45, 2.75) is 12.5 Å². The van der Waals surface area contributed by atoms with Crippen molar-refractivity contribution in [3.05, 3.63) is 24.5 Å². The topological polar surface area (TPSA) is 54.4 Å². The first kappa shape index (κ1) is 10.9. The van der Waals surface area contributed by atoms with Crippen molar-refractivity contribution in [3.8, 4) is 0 Å². The third kappa shape index (κ3) is 3.72. The van der Waals surface area contributed by atoms with Gasteiger partial charge in [-0.15, -0.1) is 0 Å². The van der Waals surface area contributed by atoms with Crippen LogP contribution in [0.1, 0.15) is 6.42 Å². The van der Waals surface area contributed by atoms with Crippen LogP contribution >= 0.6 is 0 Å². The Hall–Kier alpha value is -1.13. The van der Waals surface area contributed by atoms with Crippen LogP contribution in [-0.2, 0) is 4.74 Å². The number of methoxy groups -OCH3 is 1. The van der Waals surface area contributed by atoms with Crippen LogP contribution in [0.4, 0.5) is 5.69 Å². The van der Waals surface area contributed by atoms with Crippen LogP contribution in [0.2, 0.25) is 0 Å². The number of rotatable bonds is 6. The van der Waals surface area contributed by atoms with Gasteiger partial charge in [0, 0.05) is 31.8 Å². The van der Waals surface area contributed by atoms with Gasteiger partial charge in [0.2, 0.25) is 0 Å². The zero-order valence-corrected chi connectivity index (χ0v) is 8.31. The molecule has 0 amide bonds. The fourth-order valence-corrected chi connectivity index (χ4v) is 1.24. The molecule has 0 saturated heterocycles. The van der Waals surface area contributed by atoms with E-state index < -0.39 is 0 Å². The molecule has 2 N–H and O–H groups in total. The molecule has 4 nitrogen and oxygen atoms in total. The molecule has 14 heavy (non-hydrogen) atoms. The molecule has 0 fully saturated rings. The second-order valence-corrected chi connectivity index (χ2v) is 3.04. The molecule has 1 atom stereocenters. The number of pyridine rings is 1. The van der Waals surface area contributed by atoms with E-state index in [1.165, 1.54) is 0 Å². The molecular weight excluding hydrogens is 180 g/mol. The Morgan fingerprint density at radius 1 is 1.50 bits per heavy atom. The minimum Gasteiger partial charge on any atom is -0.396 e. The summed E-state index contributed by atoms with van der Waals surface area (Å²) in [6, 6.07) is 3.92. The van der Waals surface area contributed by atoms with Crippen molar-refractivity contribution in [2.24, 2.45) is 0 Å². The summed E-state index contributed by atoms with van der Waals surface area (Å²) in [6.45, 7) is 0.745. The van der Waals surface area contributed by atoms with Gasteiger partial charge in [-0.2, -0.15) is 0 Å². The van der Waals surface area contributed by atoms with Crippen molar-refractivity contribution in [2.75, 3.05) is 25.6 Å². The first-order valence-electron chi connectivity index (χ1n) is 4.63. The van der Waals surface area contributed by atoms with Crippen molar-refractivity contribution < 1.29 is 9.84 Å². The molecule has 1 aromatic heterocycles. The monoisotopic (exact) mass is 196 g/mol. The summed E-state index contributed by atoms with van der Waals surface area (Å²) in [6.07, 6.45) is 4.13. The predicted octanol–water partition coefficient (Wildman–Crippen LogP) is 0.891. The summed E-state index contributed by atoms with van der Waals surface area (Å²) < 4.78 is 5.04. The molecule has 0 aliphatic rings. The number of aliphatic hydroxyl groups is 1. The zero-order valence-electron chi connectivity index (χ0n) is 8.31.